The third-order valence-electron chi connectivity index (χ3n) is 4.94. The first-order valence-electron chi connectivity index (χ1n) is 9.76. The number of hydrogen-bond donors (Lipinski definition) is 1. The number of esters is 1. The SMILES string of the molecule is Cn1cc(CC(=O)Oc2cccc(C(=O)NCc3ccccc3)c2)c2ccccc21. The standard InChI is InChI=1S/C25H22N2O3/c1-27-17-20(22-12-5-6-13-23(22)27)15-24(28)30-21-11-7-10-19(14-21)25(29)26-16-18-8-3-2-4-9-18/h2-14,17H,15-16H2,1H3,(H,26,29). The van der Waals surface area contributed by atoms with Gasteiger partial charge in [-0.2, -0.15) is 0 Å². The molecule has 0 unspecified atom stereocenters. The molecule has 5 heteroatoms. The summed E-state index contributed by atoms with van der Waals surface area (Å²) in [4.78, 5) is 24.9. The smallest absolute Gasteiger partial charge is 0.315 e. The Hall–Kier alpha value is -3.86. The quantitative estimate of drug-likeness (QED) is 0.390. The first-order chi connectivity index (χ1) is 14.6. The van der Waals surface area contributed by atoms with Crippen molar-refractivity contribution in [3.8, 4) is 5.75 Å². The summed E-state index contributed by atoms with van der Waals surface area (Å²) in [7, 11) is 1.95. The summed E-state index contributed by atoms with van der Waals surface area (Å²) in [5, 5.41) is 3.91. The lowest BCUT2D eigenvalue weighted by atomic mass is 10.1. The zero-order chi connectivity index (χ0) is 20.9. The molecule has 1 heterocycles. The first kappa shape index (κ1) is 19.5. The summed E-state index contributed by atoms with van der Waals surface area (Å²) >= 11 is 0. The number of aryl methyl sites for hydroxylation is 1. The highest BCUT2D eigenvalue weighted by atomic mass is 16.5. The number of nitrogens with one attached hydrogen (secondary N) is 1. The van der Waals surface area contributed by atoms with Gasteiger partial charge in [0.1, 0.15) is 5.75 Å². The second kappa shape index (κ2) is 8.66. The van der Waals surface area contributed by atoms with Crippen LogP contribution in [0.15, 0.2) is 85.1 Å². The summed E-state index contributed by atoms with van der Waals surface area (Å²) in [5.41, 5.74) is 3.44. The van der Waals surface area contributed by atoms with Gasteiger partial charge in [0.15, 0.2) is 0 Å². The van der Waals surface area contributed by atoms with Crippen LogP contribution in [0.2, 0.25) is 0 Å². The summed E-state index contributed by atoms with van der Waals surface area (Å²) in [6.07, 6.45) is 2.10. The highest BCUT2D eigenvalue weighted by Gasteiger charge is 2.13. The molecular formula is C25H22N2O3. The van der Waals surface area contributed by atoms with E-state index in [2.05, 4.69) is 5.32 Å². The van der Waals surface area contributed by atoms with E-state index in [0.29, 0.717) is 17.9 Å². The molecule has 1 amide bonds. The van der Waals surface area contributed by atoms with Crippen LogP contribution in [0.5, 0.6) is 5.75 Å². The maximum atomic E-state index is 12.5. The summed E-state index contributed by atoms with van der Waals surface area (Å²) in [6, 6.07) is 24.3. The fourth-order valence-corrected chi connectivity index (χ4v) is 3.47. The predicted molar refractivity (Wildman–Crippen MR) is 116 cm³/mol. The van der Waals surface area contributed by atoms with E-state index >= 15 is 0 Å². The third-order valence-corrected chi connectivity index (χ3v) is 4.94. The van der Waals surface area contributed by atoms with Crippen LogP contribution in [-0.2, 0) is 24.8 Å². The third kappa shape index (κ3) is 4.41. The van der Waals surface area contributed by atoms with Crippen molar-refractivity contribution in [1.29, 1.82) is 0 Å². The van der Waals surface area contributed by atoms with Crippen LogP contribution in [0.25, 0.3) is 10.9 Å². The molecular weight excluding hydrogens is 376 g/mol. The highest BCUT2D eigenvalue weighted by molar-refractivity contribution is 5.94. The Kier molecular flexibility index (Phi) is 5.61. The normalized spacial score (nSPS) is 10.7. The molecule has 0 saturated carbocycles. The molecule has 1 N–H and O–H groups in total. The number of fused-ring (bicyclic) bond motifs is 1. The number of benzene rings is 3. The second-order valence-electron chi connectivity index (χ2n) is 7.13. The van der Waals surface area contributed by atoms with Gasteiger partial charge in [0, 0.05) is 36.3 Å². The Morgan fingerprint density at radius 2 is 1.70 bits per heavy atom. The van der Waals surface area contributed by atoms with E-state index < -0.39 is 0 Å². The minimum Gasteiger partial charge on any atom is -0.426 e. The molecule has 3 aromatic carbocycles. The average Bonchev–Trinajstić information content (AvgIpc) is 3.08. The van der Waals surface area contributed by atoms with Gasteiger partial charge in [-0.25, -0.2) is 0 Å². The van der Waals surface area contributed by atoms with Crippen LogP contribution in [-0.4, -0.2) is 16.4 Å². The number of aromatic nitrogens is 1. The van der Waals surface area contributed by atoms with Crippen molar-refractivity contribution in [2.24, 2.45) is 7.05 Å². The van der Waals surface area contributed by atoms with Crippen LogP contribution in [0.3, 0.4) is 0 Å². The van der Waals surface area contributed by atoms with Crippen LogP contribution < -0.4 is 10.1 Å². The van der Waals surface area contributed by atoms with Gasteiger partial charge in [-0.3, -0.25) is 9.59 Å². The highest BCUT2D eigenvalue weighted by Crippen LogP contribution is 2.22. The molecule has 0 aliphatic carbocycles. The maximum absolute atomic E-state index is 12.5. The van der Waals surface area contributed by atoms with Crippen molar-refractivity contribution in [2.45, 2.75) is 13.0 Å². The fourth-order valence-electron chi connectivity index (χ4n) is 3.47. The van der Waals surface area contributed by atoms with Gasteiger partial charge in [-0.15, -0.1) is 0 Å². The molecule has 0 bridgehead atoms. The van der Waals surface area contributed by atoms with Crippen molar-refractivity contribution in [2.75, 3.05) is 0 Å². The second-order valence-corrected chi connectivity index (χ2v) is 7.13. The first-order valence-corrected chi connectivity index (χ1v) is 9.76. The van der Waals surface area contributed by atoms with Gasteiger partial charge in [-0.05, 0) is 35.4 Å². The van der Waals surface area contributed by atoms with Crippen LogP contribution in [0, 0.1) is 0 Å². The van der Waals surface area contributed by atoms with Gasteiger partial charge in [0.25, 0.3) is 5.91 Å². The Bertz CT molecular complexity index is 1200. The zero-order valence-electron chi connectivity index (χ0n) is 16.7. The predicted octanol–water partition coefficient (Wildman–Crippen LogP) is 4.26. The van der Waals surface area contributed by atoms with E-state index in [4.69, 9.17) is 4.74 Å². The van der Waals surface area contributed by atoms with Crippen LogP contribution in [0.1, 0.15) is 21.5 Å². The molecule has 4 rings (SSSR count). The number of ether oxygens (including phenoxy) is 1. The van der Waals surface area contributed by atoms with E-state index in [9.17, 15) is 9.59 Å². The Morgan fingerprint density at radius 3 is 2.53 bits per heavy atom. The minimum atomic E-state index is -0.367. The molecule has 0 atom stereocenters. The van der Waals surface area contributed by atoms with Crippen molar-refractivity contribution >= 4 is 22.8 Å². The number of amides is 1. The number of rotatable bonds is 6. The van der Waals surface area contributed by atoms with Gasteiger partial charge < -0.3 is 14.6 Å². The number of carbonyl (C=O) groups excluding carboxylic acids is 2. The number of carbonyl (C=O) groups is 2. The lowest BCUT2D eigenvalue weighted by molar-refractivity contribution is -0.133. The topological polar surface area (TPSA) is 60.3 Å². The van der Waals surface area contributed by atoms with E-state index in [1.807, 2.05) is 72.4 Å². The van der Waals surface area contributed by atoms with E-state index in [1.54, 1.807) is 24.3 Å². The van der Waals surface area contributed by atoms with Crippen molar-refractivity contribution in [3.05, 3.63) is 102 Å². The molecule has 0 aliphatic heterocycles. The molecule has 4 aromatic rings. The molecule has 0 aliphatic rings. The maximum Gasteiger partial charge on any atom is 0.315 e. The lowest BCUT2D eigenvalue weighted by Gasteiger charge is -2.08. The van der Waals surface area contributed by atoms with Gasteiger partial charge in [0.2, 0.25) is 0 Å². The largest absolute Gasteiger partial charge is 0.426 e. The zero-order valence-corrected chi connectivity index (χ0v) is 16.7. The summed E-state index contributed by atoms with van der Waals surface area (Å²) < 4.78 is 7.50. The van der Waals surface area contributed by atoms with Gasteiger partial charge in [0.05, 0.1) is 6.42 Å². The van der Waals surface area contributed by atoms with E-state index in [1.165, 1.54) is 0 Å². The van der Waals surface area contributed by atoms with Gasteiger partial charge >= 0.3 is 5.97 Å². The number of nitrogens with zero attached hydrogens (tertiary/aromatic N) is 1. The molecule has 30 heavy (non-hydrogen) atoms. The van der Waals surface area contributed by atoms with Crippen LogP contribution >= 0.6 is 0 Å². The van der Waals surface area contributed by atoms with Crippen molar-refractivity contribution in [1.82, 2.24) is 9.88 Å². The Morgan fingerprint density at radius 1 is 0.933 bits per heavy atom. The Balaban J connectivity index is 1.41. The van der Waals surface area contributed by atoms with E-state index in [-0.39, 0.29) is 18.3 Å². The molecule has 0 fully saturated rings. The average molecular weight is 398 g/mol. The molecule has 1 aromatic heterocycles. The molecule has 0 spiro atoms. The Labute approximate surface area is 174 Å². The molecule has 150 valence electrons. The molecule has 5 nitrogen and oxygen atoms in total. The van der Waals surface area contributed by atoms with Crippen molar-refractivity contribution in [3.63, 3.8) is 0 Å². The van der Waals surface area contributed by atoms with E-state index in [0.717, 1.165) is 22.0 Å². The van der Waals surface area contributed by atoms with Crippen molar-refractivity contribution < 1.29 is 14.3 Å². The fraction of sp³-hybridized carbons (Fsp3) is 0.120. The number of hydrogen-bond acceptors (Lipinski definition) is 3. The molecule has 0 radical (unpaired) electrons. The lowest BCUT2D eigenvalue weighted by Crippen LogP contribution is -2.22. The monoisotopic (exact) mass is 398 g/mol. The molecule has 0 saturated heterocycles. The summed E-state index contributed by atoms with van der Waals surface area (Å²) in [5.74, 6) is -0.230. The van der Waals surface area contributed by atoms with Crippen LogP contribution in [0.4, 0.5) is 0 Å². The van der Waals surface area contributed by atoms with Gasteiger partial charge in [-0.1, -0.05) is 54.6 Å². The minimum absolute atomic E-state index is 0.159. The summed E-state index contributed by atoms with van der Waals surface area (Å²) in [6.45, 7) is 0.435. The number of para-hydroxylation sites is 1.